The molecule has 0 unspecified atom stereocenters. The first-order valence-electron chi connectivity index (χ1n) is 9.71. The third-order valence-electron chi connectivity index (χ3n) is 6.02. The lowest BCUT2D eigenvalue weighted by Gasteiger charge is -2.32. The lowest BCUT2D eigenvalue weighted by atomic mass is 9.86. The summed E-state index contributed by atoms with van der Waals surface area (Å²) in [5.41, 5.74) is 1.40. The fraction of sp³-hybridized carbons (Fsp3) is 0.167. The van der Waals surface area contributed by atoms with Crippen LogP contribution in [0.15, 0.2) is 84.6 Å². The van der Waals surface area contributed by atoms with Gasteiger partial charge in [-0.25, -0.2) is 4.90 Å². The molecular formula is C24H17N3O3. The summed E-state index contributed by atoms with van der Waals surface area (Å²) >= 11 is 0. The topological polar surface area (TPSA) is 81.5 Å². The molecule has 0 N–H and O–H groups in total. The molecule has 146 valence electrons. The Balaban J connectivity index is 1.62. The van der Waals surface area contributed by atoms with Gasteiger partial charge in [-0.05, 0) is 24.3 Å². The third-order valence-corrected chi connectivity index (χ3v) is 6.02. The molecule has 0 bridgehead atoms. The number of imide groups is 1. The van der Waals surface area contributed by atoms with Crippen molar-refractivity contribution in [1.29, 1.82) is 5.26 Å². The van der Waals surface area contributed by atoms with Crippen LogP contribution in [0, 0.1) is 23.2 Å². The van der Waals surface area contributed by atoms with Gasteiger partial charge in [0.15, 0.2) is 5.78 Å². The highest BCUT2D eigenvalue weighted by molar-refractivity contribution is 6.24. The van der Waals surface area contributed by atoms with Crippen molar-refractivity contribution in [3.8, 4) is 6.07 Å². The minimum Gasteiger partial charge on any atom is -0.359 e. The summed E-state index contributed by atoms with van der Waals surface area (Å²) in [5.74, 6) is -2.45. The summed E-state index contributed by atoms with van der Waals surface area (Å²) in [6.07, 6.45) is 4.98. The summed E-state index contributed by atoms with van der Waals surface area (Å²) in [6.45, 7) is 0. The van der Waals surface area contributed by atoms with Crippen molar-refractivity contribution in [2.45, 2.75) is 12.1 Å². The van der Waals surface area contributed by atoms with Crippen molar-refractivity contribution in [3.05, 3.63) is 90.2 Å². The molecule has 2 saturated heterocycles. The molecule has 2 fully saturated rings. The second kappa shape index (κ2) is 6.82. The fourth-order valence-electron chi connectivity index (χ4n) is 4.73. The first-order chi connectivity index (χ1) is 14.6. The van der Waals surface area contributed by atoms with Crippen LogP contribution in [-0.4, -0.2) is 34.6 Å². The largest absolute Gasteiger partial charge is 0.359 e. The molecule has 2 aromatic rings. The molecule has 2 aromatic carbocycles. The van der Waals surface area contributed by atoms with Gasteiger partial charge in [0.2, 0.25) is 11.8 Å². The second-order valence-electron chi connectivity index (χ2n) is 7.56. The molecule has 0 aliphatic carbocycles. The van der Waals surface area contributed by atoms with Crippen LogP contribution in [0.1, 0.15) is 10.4 Å². The lowest BCUT2D eigenvalue weighted by Crippen LogP contribution is -2.46. The predicted molar refractivity (Wildman–Crippen MR) is 109 cm³/mol. The predicted octanol–water partition coefficient (Wildman–Crippen LogP) is 2.71. The number of fused-ring (bicyclic) bond motifs is 3. The zero-order valence-corrected chi connectivity index (χ0v) is 15.9. The van der Waals surface area contributed by atoms with E-state index in [0.29, 0.717) is 16.8 Å². The number of hydrogen-bond acceptors (Lipinski definition) is 5. The van der Waals surface area contributed by atoms with Gasteiger partial charge in [0, 0.05) is 11.8 Å². The van der Waals surface area contributed by atoms with E-state index in [-0.39, 0.29) is 17.6 Å². The number of anilines is 1. The van der Waals surface area contributed by atoms with E-state index >= 15 is 0 Å². The number of rotatable bonds is 3. The Bertz CT molecular complexity index is 1150. The normalized spacial score (nSPS) is 26.8. The molecule has 2 amide bonds. The van der Waals surface area contributed by atoms with E-state index in [9.17, 15) is 19.6 Å². The van der Waals surface area contributed by atoms with Crippen LogP contribution in [-0.2, 0) is 9.59 Å². The maximum atomic E-state index is 13.5. The molecule has 0 saturated carbocycles. The van der Waals surface area contributed by atoms with Gasteiger partial charge in [-0.3, -0.25) is 14.4 Å². The number of ketones is 1. The van der Waals surface area contributed by atoms with Crippen molar-refractivity contribution >= 4 is 23.3 Å². The molecule has 0 aromatic heterocycles. The molecule has 3 heterocycles. The number of carbonyl (C=O) groups is 3. The standard InChI is InChI=1S/C24H17N3O3/c25-14-15-11-12-26-18(13-15)19-20(21(26)22(28)16-7-3-1-4-8-16)24(30)27(23(19)29)17-9-5-2-6-10-17/h1-13,18-21H/t18-,19+,20+,21-/m1/s1. The Kier molecular flexibility index (Phi) is 4.11. The highest BCUT2D eigenvalue weighted by Crippen LogP contribution is 2.46. The zero-order chi connectivity index (χ0) is 20.8. The Morgan fingerprint density at radius 3 is 2.20 bits per heavy atom. The number of amides is 2. The van der Waals surface area contributed by atoms with E-state index in [1.165, 1.54) is 4.90 Å². The number of para-hydroxylation sites is 1. The number of allylic oxidation sites excluding steroid dienone is 2. The fourth-order valence-corrected chi connectivity index (χ4v) is 4.73. The number of hydrogen-bond donors (Lipinski definition) is 0. The number of benzene rings is 2. The summed E-state index contributed by atoms with van der Waals surface area (Å²) in [4.78, 5) is 43.2. The molecular weight excluding hydrogens is 378 g/mol. The van der Waals surface area contributed by atoms with Crippen molar-refractivity contribution in [2.75, 3.05) is 4.90 Å². The highest BCUT2D eigenvalue weighted by atomic mass is 16.2. The molecule has 3 aliphatic heterocycles. The zero-order valence-electron chi connectivity index (χ0n) is 15.9. The maximum Gasteiger partial charge on any atom is 0.240 e. The second-order valence-corrected chi connectivity index (χ2v) is 7.56. The lowest BCUT2D eigenvalue weighted by molar-refractivity contribution is -0.123. The minimum atomic E-state index is -0.811. The molecule has 6 heteroatoms. The van der Waals surface area contributed by atoms with Gasteiger partial charge >= 0.3 is 0 Å². The average molecular weight is 395 g/mol. The molecule has 4 atom stereocenters. The average Bonchev–Trinajstić information content (AvgIpc) is 3.26. The maximum absolute atomic E-state index is 13.5. The van der Waals surface area contributed by atoms with Crippen molar-refractivity contribution in [3.63, 3.8) is 0 Å². The first kappa shape index (κ1) is 18.1. The van der Waals surface area contributed by atoms with Crippen LogP contribution in [0.25, 0.3) is 0 Å². The van der Waals surface area contributed by atoms with E-state index in [1.807, 2.05) is 12.1 Å². The highest BCUT2D eigenvalue weighted by Gasteiger charge is 2.63. The Hall–Kier alpha value is -3.98. The Morgan fingerprint density at radius 1 is 0.900 bits per heavy atom. The quantitative estimate of drug-likeness (QED) is 0.590. The van der Waals surface area contributed by atoms with Crippen molar-refractivity contribution < 1.29 is 14.4 Å². The van der Waals surface area contributed by atoms with Crippen LogP contribution in [0.3, 0.4) is 0 Å². The van der Waals surface area contributed by atoms with Gasteiger partial charge in [0.05, 0.1) is 35.2 Å². The van der Waals surface area contributed by atoms with Crippen molar-refractivity contribution in [1.82, 2.24) is 4.90 Å². The van der Waals surface area contributed by atoms with Gasteiger partial charge in [0.25, 0.3) is 0 Å². The van der Waals surface area contributed by atoms with Gasteiger partial charge in [-0.15, -0.1) is 0 Å². The molecule has 6 nitrogen and oxygen atoms in total. The molecule has 0 radical (unpaired) electrons. The third kappa shape index (κ3) is 2.52. The SMILES string of the molecule is N#CC1=C[C@@H]2[C@@H]3C(=O)N(c4ccccc4)C(=O)[C@@H]3[C@H](C(=O)c3ccccc3)N2C=C1. The number of nitrogens with zero attached hydrogens (tertiary/aromatic N) is 3. The smallest absolute Gasteiger partial charge is 0.240 e. The molecule has 5 rings (SSSR count). The van der Waals surface area contributed by atoms with E-state index in [4.69, 9.17) is 0 Å². The molecule has 0 spiro atoms. The summed E-state index contributed by atoms with van der Waals surface area (Å²) < 4.78 is 0. The van der Waals surface area contributed by atoms with Crippen LogP contribution in [0.2, 0.25) is 0 Å². The van der Waals surface area contributed by atoms with Gasteiger partial charge < -0.3 is 4.90 Å². The van der Waals surface area contributed by atoms with E-state index < -0.39 is 23.9 Å². The Morgan fingerprint density at radius 2 is 1.53 bits per heavy atom. The number of nitriles is 1. The summed E-state index contributed by atoms with van der Waals surface area (Å²) in [5, 5.41) is 9.34. The summed E-state index contributed by atoms with van der Waals surface area (Å²) in [7, 11) is 0. The van der Waals surface area contributed by atoms with E-state index in [2.05, 4.69) is 6.07 Å². The van der Waals surface area contributed by atoms with Crippen molar-refractivity contribution in [2.24, 2.45) is 11.8 Å². The van der Waals surface area contributed by atoms with E-state index in [0.717, 1.165) is 0 Å². The number of Topliss-reactive ketones (excluding diaryl/α,β-unsaturated/α-hetero) is 1. The van der Waals surface area contributed by atoms with E-state index in [1.54, 1.807) is 71.8 Å². The number of carbonyl (C=O) groups excluding carboxylic acids is 3. The van der Waals surface area contributed by atoms with Gasteiger partial charge in [0.1, 0.15) is 6.04 Å². The Labute approximate surface area is 173 Å². The van der Waals surface area contributed by atoms with Crippen LogP contribution < -0.4 is 4.90 Å². The van der Waals surface area contributed by atoms with Gasteiger partial charge in [-0.2, -0.15) is 5.26 Å². The van der Waals surface area contributed by atoms with Gasteiger partial charge in [-0.1, -0.05) is 48.5 Å². The van der Waals surface area contributed by atoms with Crippen LogP contribution in [0.4, 0.5) is 5.69 Å². The first-order valence-corrected chi connectivity index (χ1v) is 9.71. The minimum absolute atomic E-state index is 0.206. The summed E-state index contributed by atoms with van der Waals surface area (Å²) in [6, 6.07) is 18.3. The monoisotopic (exact) mass is 395 g/mol. The molecule has 30 heavy (non-hydrogen) atoms. The van der Waals surface area contributed by atoms with Crippen LogP contribution >= 0.6 is 0 Å². The molecule has 3 aliphatic rings. The van der Waals surface area contributed by atoms with Crippen LogP contribution in [0.5, 0.6) is 0 Å².